The Morgan fingerprint density at radius 3 is 1.86 bits per heavy atom. The monoisotopic (exact) mass is 298 g/mol. The molecular formula is C18H38N2O. The minimum atomic E-state index is 0.330. The maximum Gasteiger partial charge on any atom is 0.223 e. The van der Waals surface area contributed by atoms with Gasteiger partial charge in [-0.05, 0) is 12.8 Å². The minimum absolute atomic E-state index is 0.330. The SMILES string of the molecule is CCCCCCN(CCCCCC)C(=O)CCNC(C)C. The first-order valence-electron chi connectivity index (χ1n) is 9.12. The van der Waals surface area contributed by atoms with Crippen molar-refractivity contribution in [2.24, 2.45) is 0 Å². The van der Waals surface area contributed by atoms with Gasteiger partial charge in [0.25, 0.3) is 0 Å². The summed E-state index contributed by atoms with van der Waals surface area (Å²) in [6.45, 7) is 11.4. The fourth-order valence-electron chi connectivity index (χ4n) is 2.45. The van der Waals surface area contributed by atoms with E-state index in [9.17, 15) is 4.79 Å². The molecule has 21 heavy (non-hydrogen) atoms. The van der Waals surface area contributed by atoms with E-state index in [0.717, 1.165) is 32.5 Å². The lowest BCUT2D eigenvalue weighted by atomic mass is 10.1. The van der Waals surface area contributed by atoms with Crippen molar-refractivity contribution in [2.45, 2.75) is 91.5 Å². The molecule has 0 aliphatic heterocycles. The van der Waals surface area contributed by atoms with Gasteiger partial charge in [0.2, 0.25) is 5.91 Å². The first-order chi connectivity index (χ1) is 10.1. The van der Waals surface area contributed by atoms with Gasteiger partial charge >= 0.3 is 0 Å². The van der Waals surface area contributed by atoms with Gasteiger partial charge in [-0.15, -0.1) is 0 Å². The van der Waals surface area contributed by atoms with Gasteiger partial charge in [-0.25, -0.2) is 0 Å². The molecule has 0 rings (SSSR count). The Balaban J connectivity index is 4.04. The minimum Gasteiger partial charge on any atom is -0.343 e. The first-order valence-corrected chi connectivity index (χ1v) is 9.12. The first kappa shape index (κ1) is 20.4. The van der Waals surface area contributed by atoms with E-state index in [4.69, 9.17) is 0 Å². The van der Waals surface area contributed by atoms with Crippen LogP contribution in [0.25, 0.3) is 0 Å². The van der Waals surface area contributed by atoms with Crippen LogP contribution in [0.15, 0.2) is 0 Å². The predicted molar refractivity (Wildman–Crippen MR) is 92.6 cm³/mol. The van der Waals surface area contributed by atoms with Gasteiger partial charge in [-0.3, -0.25) is 4.79 Å². The van der Waals surface area contributed by atoms with Crippen molar-refractivity contribution >= 4 is 5.91 Å². The molecule has 0 aromatic heterocycles. The summed E-state index contributed by atoms with van der Waals surface area (Å²) in [6.07, 6.45) is 10.5. The lowest BCUT2D eigenvalue weighted by Gasteiger charge is -2.23. The summed E-state index contributed by atoms with van der Waals surface area (Å²) in [6, 6.07) is 0.459. The highest BCUT2D eigenvalue weighted by Crippen LogP contribution is 2.07. The van der Waals surface area contributed by atoms with Crippen LogP contribution in [-0.4, -0.2) is 36.5 Å². The summed E-state index contributed by atoms with van der Waals surface area (Å²) in [7, 11) is 0. The number of amides is 1. The maximum absolute atomic E-state index is 12.3. The van der Waals surface area contributed by atoms with Crippen LogP contribution in [0.2, 0.25) is 0 Å². The van der Waals surface area contributed by atoms with Gasteiger partial charge in [0.15, 0.2) is 0 Å². The standard InChI is InChI=1S/C18H38N2O/c1-5-7-9-11-15-20(16-12-10-8-6-2)18(21)13-14-19-17(3)4/h17,19H,5-16H2,1-4H3. The zero-order valence-electron chi connectivity index (χ0n) is 14.9. The van der Waals surface area contributed by atoms with E-state index in [-0.39, 0.29) is 0 Å². The van der Waals surface area contributed by atoms with Crippen molar-refractivity contribution in [3.63, 3.8) is 0 Å². The van der Waals surface area contributed by atoms with Crippen LogP contribution < -0.4 is 5.32 Å². The Morgan fingerprint density at radius 2 is 1.43 bits per heavy atom. The topological polar surface area (TPSA) is 32.3 Å². The summed E-state index contributed by atoms with van der Waals surface area (Å²) in [5.41, 5.74) is 0. The van der Waals surface area contributed by atoms with Gasteiger partial charge in [0.05, 0.1) is 0 Å². The fourth-order valence-corrected chi connectivity index (χ4v) is 2.45. The number of nitrogens with one attached hydrogen (secondary N) is 1. The summed E-state index contributed by atoms with van der Waals surface area (Å²) < 4.78 is 0. The second-order valence-corrected chi connectivity index (χ2v) is 6.36. The molecule has 0 saturated carbocycles. The number of rotatable bonds is 14. The third-order valence-corrected chi connectivity index (χ3v) is 3.81. The molecule has 0 unspecified atom stereocenters. The Kier molecular flexibility index (Phi) is 14.0. The molecule has 0 heterocycles. The van der Waals surface area contributed by atoms with Crippen LogP contribution in [-0.2, 0) is 4.79 Å². The molecule has 0 atom stereocenters. The second-order valence-electron chi connectivity index (χ2n) is 6.36. The molecule has 0 aliphatic carbocycles. The molecule has 0 saturated heterocycles. The molecule has 0 aliphatic rings. The number of nitrogens with zero attached hydrogens (tertiary/aromatic N) is 1. The van der Waals surface area contributed by atoms with Gasteiger partial charge < -0.3 is 10.2 Å². The van der Waals surface area contributed by atoms with Crippen LogP contribution >= 0.6 is 0 Å². The van der Waals surface area contributed by atoms with Crippen LogP contribution in [0.4, 0.5) is 0 Å². The zero-order valence-corrected chi connectivity index (χ0v) is 14.9. The molecule has 0 aromatic rings. The van der Waals surface area contributed by atoms with Crippen molar-refractivity contribution in [3.05, 3.63) is 0 Å². The van der Waals surface area contributed by atoms with E-state index in [0.29, 0.717) is 18.4 Å². The molecule has 0 fully saturated rings. The molecular weight excluding hydrogens is 260 g/mol. The molecule has 0 radical (unpaired) electrons. The van der Waals surface area contributed by atoms with Gasteiger partial charge in [-0.1, -0.05) is 66.2 Å². The van der Waals surface area contributed by atoms with Crippen LogP contribution in [0.5, 0.6) is 0 Å². The van der Waals surface area contributed by atoms with E-state index in [1.165, 1.54) is 38.5 Å². The fraction of sp³-hybridized carbons (Fsp3) is 0.944. The second kappa shape index (κ2) is 14.4. The van der Waals surface area contributed by atoms with Crippen molar-refractivity contribution < 1.29 is 4.79 Å². The normalized spacial score (nSPS) is 11.1. The van der Waals surface area contributed by atoms with Gasteiger partial charge in [-0.2, -0.15) is 0 Å². The van der Waals surface area contributed by atoms with Crippen molar-refractivity contribution in [1.29, 1.82) is 0 Å². The van der Waals surface area contributed by atoms with Gasteiger partial charge in [0, 0.05) is 32.1 Å². The van der Waals surface area contributed by atoms with Crippen LogP contribution in [0, 0.1) is 0 Å². The van der Waals surface area contributed by atoms with E-state index >= 15 is 0 Å². The lowest BCUT2D eigenvalue weighted by molar-refractivity contribution is -0.131. The molecule has 1 amide bonds. The van der Waals surface area contributed by atoms with Crippen molar-refractivity contribution in [3.8, 4) is 0 Å². The number of carbonyl (C=O) groups excluding carboxylic acids is 1. The van der Waals surface area contributed by atoms with Crippen molar-refractivity contribution in [1.82, 2.24) is 10.2 Å². The summed E-state index contributed by atoms with van der Waals surface area (Å²) in [4.78, 5) is 14.4. The smallest absolute Gasteiger partial charge is 0.223 e. The third kappa shape index (κ3) is 12.9. The quantitative estimate of drug-likeness (QED) is 0.483. The average Bonchev–Trinajstić information content (AvgIpc) is 2.45. The summed E-state index contributed by atoms with van der Waals surface area (Å²) >= 11 is 0. The van der Waals surface area contributed by atoms with E-state index < -0.39 is 0 Å². The molecule has 0 spiro atoms. The highest BCUT2D eigenvalue weighted by molar-refractivity contribution is 5.76. The average molecular weight is 299 g/mol. The van der Waals surface area contributed by atoms with Crippen LogP contribution in [0.3, 0.4) is 0 Å². The van der Waals surface area contributed by atoms with Gasteiger partial charge in [0.1, 0.15) is 0 Å². The molecule has 1 N–H and O–H groups in total. The highest BCUT2D eigenvalue weighted by atomic mass is 16.2. The summed E-state index contributed by atoms with van der Waals surface area (Å²) in [5.74, 6) is 0.330. The molecule has 0 aromatic carbocycles. The van der Waals surface area contributed by atoms with E-state index in [1.807, 2.05) is 0 Å². The Hall–Kier alpha value is -0.570. The maximum atomic E-state index is 12.3. The summed E-state index contributed by atoms with van der Waals surface area (Å²) in [5, 5.41) is 3.34. The van der Waals surface area contributed by atoms with Crippen LogP contribution in [0.1, 0.15) is 85.5 Å². The zero-order chi connectivity index (χ0) is 15.9. The number of hydrogen-bond donors (Lipinski definition) is 1. The number of unbranched alkanes of at least 4 members (excludes halogenated alkanes) is 6. The Morgan fingerprint density at radius 1 is 0.905 bits per heavy atom. The van der Waals surface area contributed by atoms with E-state index in [2.05, 4.69) is 37.9 Å². The Labute approximate surface area is 132 Å². The number of hydrogen-bond acceptors (Lipinski definition) is 2. The van der Waals surface area contributed by atoms with E-state index in [1.54, 1.807) is 0 Å². The molecule has 126 valence electrons. The molecule has 0 bridgehead atoms. The number of carbonyl (C=O) groups is 1. The third-order valence-electron chi connectivity index (χ3n) is 3.81. The molecule has 3 heteroatoms. The largest absolute Gasteiger partial charge is 0.343 e. The lowest BCUT2D eigenvalue weighted by Crippen LogP contribution is -2.36. The van der Waals surface area contributed by atoms with Crippen molar-refractivity contribution in [2.75, 3.05) is 19.6 Å². The molecule has 3 nitrogen and oxygen atoms in total. The highest BCUT2D eigenvalue weighted by Gasteiger charge is 2.12. The predicted octanol–water partition coefficient (Wildman–Crippen LogP) is 4.36. The Bertz CT molecular complexity index is 229.